The van der Waals surface area contributed by atoms with Crippen LogP contribution in [0.15, 0.2) is 11.8 Å². The van der Waals surface area contributed by atoms with E-state index in [4.69, 9.17) is 28.4 Å². The van der Waals surface area contributed by atoms with E-state index in [9.17, 15) is 0 Å². The fourth-order valence-electron chi connectivity index (χ4n) is 4.49. The Hall–Kier alpha value is 0.0400. The average molecular weight is 491 g/mol. The molecule has 0 N–H and O–H groups in total. The summed E-state index contributed by atoms with van der Waals surface area (Å²) in [5.74, 6) is 3.61. The summed E-state index contributed by atoms with van der Waals surface area (Å²) in [4.78, 5) is 0. The maximum atomic E-state index is 6.76. The first-order chi connectivity index (χ1) is 15.7. The van der Waals surface area contributed by atoms with E-state index in [1.807, 2.05) is 30.4 Å². The molecule has 0 aromatic heterocycles. The van der Waals surface area contributed by atoms with E-state index in [1.54, 1.807) is 7.11 Å². The molecule has 6 nitrogen and oxygen atoms in total. The quantitative estimate of drug-likeness (QED) is 0.280. The summed E-state index contributed by atoms with van der Waals surface area (Å²) in [6, 6.07) is 0. The highest BCUT2D eigenvalue weighted by Gasteiger charge is 2.44. The molecule has 0 unspecified atom stereocenters. The monoisotopic (exact) mass is 490 g/mol. The van der Waals surface area contributed by atoms with Crippen molar-refractivity contribution in [3.63, 3.8) is 0 Å². The molecule has 2 fully saturated rings. The van der Waals surface area contributed by atoms with E-state index in [0.29, 0.717) is 24.4 Å². The Kier molecular flexibility index (Phi) is 12.0. The van der Waals surface area contributed by atoms with Gasteiger partial charge < -0.3 is 28.4 Å². The second-order valence-electron chi connectivity index (χ2n) is 8.78. The van der Waals surface area contributed by atoms with Gasteiger partial charge in [0.1, 0.15) is 23.2 Å². The van der Waals surface area contributed by atoms with E-state index in [-0.39, 0.29) is 25.1 Å². The van der Waals surface area contributed by atoms with E-state index in [0.717, 1.165) is 50.9 Å². The zero-order valence-corrected chi connectivity index (χ0v) is 21.7. The van der Waals surface area contributed by atoms with Gasteiger partial charge in [-0.2, -0.15) is 0 Å². The number of hydrogen-bond donors (Lipinski definition) is 0. The Morgan fingerprint density at radius 3 is 2.69 bits per heavy atom. The van der Waals surface area contributed by atoms with Crippen molar-refractivity contribution in [2.24, 2.45) is 0 Å². The second kappa shape index (κ2) is 14.4. The number of methoxy groups -OCH3 is 1. The molecular weight excluding hydrogens is 448 g/mol. The number of hydrogen-bond acceptors (Lipinski definition) is 8. The fraction of sp³-hybridized carbons (Fsp3) is 0.917. The van der Waals surface area contributed by atoms with E-state index >= 15 is 0 Å². The summed E-state index contributed by atoms with van der Waals surface area (Å²) in [6.07, 6.45) is 9.45. The molecule has 3 rings (SSSR count). The van der Waals surface area contributed by atoms with Gasteiger partial charge in [0, 0.05) is 20.3 Å². The molecule has 32 heavy (non-hydrogen) atoms. The average Bonchev–Trinajstić information content (AvgIpc) is 3.09. The summed E-state index contributed by atoms with van der Waals surface area (Å²) >= 11 is 4.04. The van der Waals surface area contributed by atoms with Gasteiger partial charge in [0.15, 0.2) is 0 Å². The summed E-state index contributed by atoms with van der Waals surface area (Å²) in [6.45, 7) is 7.17. The first-order valence-electron chi connectivity index (χ1n) is 12.2. The first kappa shape index (κ1) is 26.6. The lowest BCUT2D eigenvalue weighted by molar-refractivity contribution is -0.194. The van der Waals surface area contributed by atoms with E-state index in [1.165, 1.54) is 17.9 Å². The summed E-state index contributed by atoms with van der Waals surface area (Å²) < 4.78 is 36.4. The first-order valence-corrected chi connectivity index (χ1v) is 14.3. The Morgan fingerprint density at radius 2 is 1.91 bits per heavy atom. The van der Waals surface area contributed by atoms with Crippen LogP contribution in [0.5, 0.6) is 0 Å². The van der Waals surface area contributed by atoms with Gasteiger partial charge in [-0.3, -0.25) is 0 Å². The van der Waals surface area contributed by atoms with Crippen molar-refractivity contribution in [2.45, 2.75) is 87.3 Å². The molecule has 3 heterocycles. The number of allylic oxidation sites excluding steroid dienone is 1. The molecule has 8 heteroatoms. The van der Waals surface area contributed by atoms with Crippen molar-refractivity contribution < 1.29 is 28.4 Å². The molecule has 3 aliphatic heterocycles. The number of rotatable bonds is 12. The van der Waals surface area contributed by atoms with Crippen LogP contribution in [0.4, 0.5) is 0 Å². The van der Waals surface area contributed by atoms with Gasteiger partial charge in [0.25, 0.3) is 0 Å². The van der Waals surface area contributed by atoms with E-state index < -0.39 is 5.60 Å². The minimum Gasteiger partial charge on any atom is -0.490 e. The van der Waals surface area contributed by atoms with Gasteiger partial charge in [0.2, 0.25) is 0 Å². The number of fused-ring (bicyclic) bond motifs is 1. The number of ether oxygens (including phenoxy) is 6. The van der Waals surface area contributed by atoms with Crippen molar-refractivity contribution in [1.29, 1.82) is 0 Å². The maximum Gasteiger partial charge on any atom is 0.147 e. The van der Waals surface area contributed by atoms with Gasteiger partial charge in [-0.05, 0) is 76.4 Å². The molecule has 186 valence electrons. The van der Waals surface area contributed by atoms with Crippen LogP contribution in [0, 0.1) is 0 Å². The molecule has 0 amide bonds. The maximum absolute atomic E-state index is 6.76. The molecule has 0 aromatic rings. The van der Waals surface area contributed by atoms with Crippen LogP contribution in [-0.2, 0) is 28.4 Å². The Morgan fingerprint density at radius 1 is 1.09 bits per heavy atom. The third kappa shape index (κ3) is 8.07. The lowest BCUT2D eigenvalue weighted by atomic mass is 9.90. The van der Waals surface area contributed by atoms with Crippen LogP contribution in [0.3, 0.4) is 0 Å². The van der Waals surface area contributed by atoms with Crippen LogP contribution >= 0.6 is 23.5 Å². The van der Waals surface area contributed by atoms with Crippen LogP contribution < -0.4 is 0 Å². The smallest absolute Gasteiger partial charge is 0.147 e. The second-order valence-corrected chi connectivity index (χ2v) is 11.5. The lowest BCUT2D eigenvalue weighted by Gasteiger charge is -2.36. The SMILES string of the molecule is CCOCCOCCC[C@H]1O[C@H]2CCC=C(C3SCCCS3)O[C@@H]2CC[C@]1(C)OCOC. The highest BCUT2D eigenvalue weighted by molar-refractivity contribution is 8.17. The molecule has 4 atom stereocenters. The van der Waals surface area contributed by atoms with Crippen LogP contribution in [0.2, 0.25) is 0 Å². The Balaban J connectivity index is 1.58. The fourth-order valence-corrected chi connectivity index (χ4v) is 7.32. The molecule has 3 aliphatic rings. The normalized spacial score (nSPS) is 31.8. The zero-order valence-electron chi connectivity index (χ0n) is 20.1. The molecule has 0 spiro atoms. The topological polar surface area (TPSA) is 55.4 Å². The molecule has 0 aliphatic carbocycles. The van der Waals surface area contributed by atoms with Crippen molar-refractivity contribution in [2.75, 3.05) is 51.8 Å². The van der Waals surface area contributed by atoms with Gasteiger partial charge in [-0.1, -0.05) is 0 Å². The van der Waals surface area contributed by atoms with Crippen molar-refractivity contribution >= 4 is 23.5 Å². The van der Waals surface area contributed by atoms with Gasteiger partial charge >= 0.3 is 0 Å². The zero-order chi connectivity index (χ0) is 22.7. The van der Waals surface area contributed by atoms with Crippen molar-refractivity contribution in [3.05, 3.63) is 11.8 Å². The molecular formula is C24H42O6S2. The molecule has 0 saturated carbocycles. The third-order valence-corrected chi connectivity index (χ3v) is 9.28. The van der Waals surface area contributed by atoms with Gasteiger partial charge in [-0.15, -0.1) is 23.5 Å². The predicted molar refractivity (Wildman–Crippen MR) is 131 cm³/mol. The van der Waals surface area contributed by atoms with Crippen LogP contribution in [-0.4, -0.2) is 80.3 Å². The minimum atomic E-state index is -0.394. The van der Waals surface area contributed by atoms with Crippen LogP contribution in [0.25, 0.3) is 0 Å². The minimum absolute atomic E-state index is 0.00766. The summed E-state index contributed by atoms with van der Waals surface area (Å²) in [5, 5.41) is 0. The standard InChI is InChI=1S/C24H42O6S2/c1-4-26-14-15-27-13-6-10-22-24(2,28-18-25-3)12-11-20-19(30-22)8-5-9-21(29-20)23-31-16-7-17-32-23/h9,19-20,22-23H,4-8,10-18H2,1-3H3/t19-,20+,22+,24-/m0/s1. The van der Waals surface area contributed by atoms with Gasteiger partial charge in [-0.25, -0.2) is 0 Å². The van der Waals surface area contributed by atoms with Crippen molar-refractivity contribution in [3.8, 4) is 0 Å². The predicted octanol–water partition coefficient (Wildman–Crippen LogP) is 5.01. The van der Waals surface area contributed by atoms with Crippen LogP contribution in [0.1, 0.15) is 58.8 Å². The third-order valence-electron chi connectivity index (χ3n) is 6.34. The molecule has 0 bridgehead atoms. The highest BCUT2D eigenvalue weighted by atomic mass is 32.2. The number of thioether (sulfide) groups is 2. The molecule has 0 aromatic carbocycles. The summed E-state index contributed by atoms with van der Waals surface area (Å²) in [5.41, 5.74) is -0.394. The van der Waals surface area contributed by atoms with E-state index in [2.05, 4.69) is 13.0 Å². The van der Waals surface area contributed by atoms with Gasteiger partial charge in [0.05, 0.1) is 31.0 Å². The Labute approximate surface area is 202 Å². The lowest BCUT2D eigenvalue weighted by Crippen LogP contribution is -2.44. The summed E-state index contributed by atoms with van der Waals surface area (Å²) in [7, 11) is 1.67. The Bertz CT molecular complexity index is 557. The molecule has 0 radical (unpaired) electrons. The highest BCUT2D eigenvalue weighted by Crippen LogP contribution is 2.42. The van der Waals surface area contributed by atoms with Crippen molar-refractivity contribution in [1.82, 2.24) is 0 Å². The largest absolute Gasteiger partial charge is 0.490 e. The molecule has 2 saturated heterocycles.